The molecule has 252 valence electrons. The van der Waals surface area contributed by atoms with Gasteiger partial charge in [-0.3, -0.25) is 9.59 Å². The molecule has 3 fully saturated rings. The van der Waals surface area contributed by atoms with Crippen LogP contribution in [0, 0.1) is 11.3 Å². The van der Waals surface area contributed by atoms with E-state index in [9.17, 15) is 19.2 Å². The molecule has 1 saturated carbocycles. The summed E-state index contributed by atoms with van der Waals surface area (Å²) in [4.78, 5) is 56.2. The number of aromatic nitrogens is 1. The number of fused-ring (bicyclic) bond motifs is 1. The number of esters is 1. The van der Waals surface area contributed by atoms with Crippen LogP contribution in [0.3, 0.4) is 0 Å². The second-order valence-electron chi connectivity index (χ2n) is 14.1. The standard InChI is InChI=1S/C35H50N4O7/c1-35(2,3)30(32(41)39-20-10-15-27(39)33(42)44-4)38-34(43)46-28-21-22(28)11-6-5-7-13-25-29(45-23-16-18-36-19-17-23)24-12-8-9-14-26(24)37-31(25)40/h8-9,12,14,22-23,27-28,30,36H,5-7,10-11,13,15-21H2,1-4H3,(H,37,40)(H,38,43)/t22-,27+,28?,30-/m1/s1. The number of piperidine rings is 1. The van der Waals surface area contributed by atoms with Crippen LogP contribution >= 0.6 is 0 Å². The molecule has 2 amide bonds. The lowest BCUT2D eigenvalue weighted by molar-refractivity contribution is -0.152. The molecule has 0 bridgehead atoms. The SMILES string of the molecule is COC(=O)[C@@H]1CCCN1C(=O)[C@@H](NC(=O)OC1C[C@H]1CCCCCc1c(OC2CCNCC2)c2ccccc2[nH]c1=O)C(C)(C)C. The fourth-order valence-corrected chi connectivity index (χ4v) is 6.76. The summed E-state index contributed by atoms with van der Waals surface area (Å²) in [7, 11) is 1.32. The summed E-state index contributed by atoms with van der Waals surface area (Å²) >= 11 is 0. The number of hydrogen-bond donors (Lipinski definition) is 3. The zero-order valence-electron chi connectivity index (χ0n) is 27.7. The number of pyridine rings is 1. The van der Waals surface area contributed by atoms with E-state index in [-0.39, 0.29) is 23.7 Å². The van der Waals surface area contributed by atoms with Crippen LogP contribution in [0.1, 0.15) is 84.1 Å². The Balaban J connectivity index is 1.09. The first-order valence-corrected chi connectivity index (χ1v) is 16.9. The summed E-state index contributed by atoms with van der Waals surface area (Å²) in [6.45, 7) is 7.93. The van der Waals surface area contributed by atoms with E-state index in [4.69, 9.17) is 14.2 Å². The molecule has 1 aromatic heterocycles. The molecular formula is C35H50N4O7. The molecule has 1 unspecified atom stereocenters. The van der Waals surface area contributed by atoms with E-state index < -0.39 is 29.6 Å². The number of carbonyl (C=O) groups is 3. The number of para-hydroxylation sites is 1. The highest BCUT2D eigenvalue weighted by Gasteiger charge is 2.44. The van der Waals surface area contributed by atoms with Crippen molar-refractivity contribution < 1.29 is 28.6 Å². The number of amides is 2. The summed E-state index contributed by atoms with van der Waals surface area (Å²) in [5.41, 5.74) is 0.856. The monoisotopic (exact) mass is 638 g/mol. The molecular weight excluding hydrogens is 588 g/mol. The van der Waals surface area contributed by atoms with Gasteiger partial charge in [0.1, 0.15) is 30.0 Å². The first-order valence-electron chi connectivity index (χ1n) is 16.9. The Morgan fingerprint density at radius 1 is 1.07 bits per heavy atom. The predicted molar refractivity (Wildman–Crippen MR) is 175 cm³/mol. The lowest BCUT2D eigenvalue weighted by atomic mass is 9.85. The molecule has 0 spiro atoms. The van der Waals surface area contributed by atoms with Crippen LogP contribution in [-0.2, 0) is 25.5 Å². The van der Waals surface area contributed by atoms with Gasteiger partial charge in [0.05, 0.1) is 18.2 Å². The molecule has 2 saturated heterocycles. The summed E-state index contributed by atoms with van der Waals surface area (Å²) < 4.78 is 17.1. The van der Waals surface area contributed by atoms with Gasteiger partial charge in [-0.25, -0.2) is 9.59 Å². The highest BCUT2D eigenvalue weighted by atomic mass is 16.6. The molecule has 5 rings (SSSR count). The fourth-order valence-electron chi connectivity index (χ4n) is 6.76. The van der Waals surface area contributed by atoms with Crippen molar-refractivity contribution in [2.24, 2.45) is 11.3 Å². The van der Waals surface area contributed by atoms with Crippen LogP contribution < -0.4 is 20.9 Å². The smallest absolute Gasteiger partial charge is 0.408 e. The van der Waals surface area contributed by atoms with Gasteiger partial charge in [0, 0.05) is 11.9 Å². The summed E-state index contributed by atoms with van der Waals surface area (Å²) in [6.07, 6.45) is 7.59. The normalized spacial score (nSPS) is 22.3. The Hall–Kier alpha value is -3.60. The van der Waals surface area contributed by atoms with Gasteiger partial charge in [0.25, 0.3) is 5.56 Å². The Kier molecular flexibility index (Phi) is 10.9. The number of rotatable bonds is 12. The Morgan fingerprint density at radius 2 is 1.83 bits per heavy atom. The van der Waals surface area contributed by atoms with Crippen molar-refractivity contribution in [2.75, 3.05) is 26.7 Å². The van der Waals surface area contributed by atoms with Crippen LogP contribution in [0.5, 0.6) is 5.75 Å². The maximum absolute atomic E-state index is 13.5. The molecule has 46 heavy (non-hydrogen) atoms. The summed E-state index contributed by atoms with van der Waals surface area (Å²) in [6, 6.07) is 6.37. The molecule has 3 N–H and O–H groups in total. The molecule has 3 heterocycles. The maximum Gasteiger partial charge on any atom is 0.408 e. The van der Waals surface area contributed by atoms with E-state index in [0.717, 1.165) is 80.3 Å². The quantitative estimate of drug-likeness (QED) is 0.229. The van der Waals surface area contributed by atoms with Crippen molar-refractivity contribution in [2.45, 2.75) is 109 Å². The number of methoxy groups -OCH3 is 1. The van der Waals surface area contributed by atoms with Gasteiger partial charge in [-0.1, -0.05) is 45.7 Å². The number of carbonyl (C=O) groups excluding carboxylic acids is 3. The molecule has 4 atom stereocenters. The highest BCUT2D eigenvalue weighted by Crippen LogP contribution is 2.39. The van der Waals surface area contributed by atoms with Crippen molar-refractivity contribution in [3.63, 3.8) is 0 Å². The van der Waals surface area contributed by atoms with Crippen LogP contribution in [0.15, 0.2) is 29.1 Å². The highest BCUT2D eigenvalue weighted by molar-refractivity contribution is 5.91. The van der Waals surface area contributed by atoms with E-state index >= 15 is 0 Å². The summed E-state index contributed by atoms with van der Waals surface area (Å²) in [5, 5.41) is 7.11. The first kappa shape index (κ1) is 33.8. The lowest BCUT2D eigenvalue weighted by Crippen LogP contribution is -2.57. The second-order valence-corrected chi connectivity index (χ2v) is 14.1. The number of likely N-dealkylation sites (tertiary alicyclic amines) is 1. The third-order valence-electron chi connectivity index (χ3n) is 9.54. The van der Waals surface area contributed by atoms with Gasteiger partial charge in [-0.15, -0.1) is 0 Å². The van der Waals surface area contributed by atoms with E-state index in [1.165, 1.54) is 12.0 Å². The van der Waals surface area contributed by atoms with Crippen molar-refractivity contribution in [1.82, 2.24) is 20.5 Å². The van der Waals surface area contributed by atoms with Crippen molar-refractivity contribution in [1.29, 1.82) is 0 Å². The van der Waals surface area contributed by atoms with Gasteiger partial charge in [-0.05, 0) is 87.9 Å². The number of nitrogens with zero attached hydrogens (tertiary/aromatic N) is 1. The molecule has 3 aliphatic rings. The maximum atomic E-state index is 13.5. The predicted octanol–water partition coefficient (Wildman–Crippen LogP) is 4.46. The number of hydrogen-bond acceptors (Lipinski definition) is 8. The number of ether oxygens (including phenoxy) is 3. The minimum Gasteiger partial charge on any atom is -0.489 e. The average molecular weight is 639 g/mol. The number of nitrogens with one attached hydrogen (secondary N) is 3. The third kappa shape index (κ3) is 8.21. The van der Waals surface area contributed by atoms with Crippen LogP contribution in [0.2, 0.25) is 0 Å². The molecule has 1 aromatic carbocycles. The molecule has 11 nitrogen and oxygen atoms in total. The molecule has 11 heteroatoms. The fraction of sp³-hybridized carbons (Fsp3) is 0.657. The van der Waals surface area contributed by atoms with Crippen LogP contribution in [-0.4, -0.2) is 78.9 Å². The Morgan fingerprint density at radius 3 is 2.57 bits per heavy atom. The molecule has 2 aliphatic heterocycles. The van der Waals surface area contributed by atoms with Crippen LogP contribution in [0.4, 0.5) is 4.79 Å². The minimum atomic E-state index is -0.829. The number of unbranched alkanes of at least 4 members (excludes halogenated alkanes) is 2. The number of benzene rings is 1. The van der Waals surface area contributed by atoms with Crippen molar-refractivity contribution in [3.05, 3.63) is 40.2 Å². The molecule has 0 radical (unpaired) electrons. The Bertz CT molecular complexity index is 1440. The van der Waals surface area contributed by atoms with Gasteiger partial charge in [0.2, 0.25) is 5.91 Å². The Labute approximate surface area is 271 Å². The zero-order valence-corrected chi connectivity index (χ0v) is 27.7. The summed E-state index contributed by atoms with van der Waals surface area (Å²) in [5.74, 6) is 0.293. The zero-order chi connectivity index (χ0) is 32.8. The van der Waals surface area contributed by atoms with Gasteiger partial charge in [0.15, 0.2) is 0 Å². The molecule has 1 aliphatic carbocycles. The molecule has 2 aromatic rings. The first-order chi connectivity index (χ1) is 22.1. The largest absolute Gasteiger partial charge is 0.489 e. The van der Waals surface area contributed by atoms with E-state index in [0.29, 0.717) is 31.7 Å². The van der Waals surface area contributed by atoms with E-state index in [1.54, 1.807) is 0 Å². The minimum absolute atomic E-state index is 0.0816. The number of aromatic amines is 1. The average Bonchev–Trinajstić information content (AvgIpc) is 3.56. The second kappa shape index (κ2) is 14.9. The van der Waals surface area contributed by atoms with Gasteiger partial charge < -0.3 is 34.7 Å². The van der Waals surface area contributed by atoms with Crippen LogP contribution in [0.25, 0.3) is 10.9 Å². The number of alkyl carbamates (subject to hydrolysis) is 1. The van der Waals surface area contributed by atoms with E-state index in [1.807, 2.05) is 45.0 Å². The third-order valence-corrected chi connectivity index (χ3v) is 9.54. The number of H-pyrrole nitrogens is 1. The lowest BCUT2D eigenvalue weighted by Gasteiger charge is -2.34. The van der Waals surface area contributed by atoms with Crippen molar-refractivity contribution >= 4 is 28.9 Å². The van der Waals surface area contributed by atoms with Gasteiger partial charge >= 0.3 is 12.1 Å². The van der Waals surface area contributed by atoms with E-state index in [2.05, 4.69) is 15.6 Å². The van der Waals surface area contributed by atoms with Crippen molar-refractivity contribution in [3.8, 4) is 5.75 Å². The van der Waals surface area contributed by atoms with Gasteiger partial charge in [-0.2, -0.15) is 0 Å². The topological polar surface area (TPSA) is 139 Å².